The average molecular weight is 420 g/mol. The quantitative estimate of drug-likeness (QED) is 0.411. The second kappa shape index (κ2) is 4.99. The van der Waals surface area contributed by atoms with Crippen molar-refractivity contribution in [3.63, 3.8) is 0 Å². The van der Waals surface area contributed by atoms with Crippen molar-refractivity contribution in [3.05, 3.63) is 51.6 Å². The van der Waals surface area contributed by atoms with Crippen LogP contribution >= 0.6 is 22.6 Å². The summed E-state index contributed by atoms with van der Waals surface area (Å²) in [6.07, 6.45) is 0. The maximum atomic E-state index is 12.2. The molecular weight excluding hydrogens is 407 g/mol. The summed E-state index contributed by atoms with van der Waals surface area (Å²) < 4.78 is 18.0. The molecule has 4 rings (SSSR count). The van der Waals surface area contributed by atoms with Crippen molar-refractivity contribution in [1.82, 2.24) is 0 Å². The van der Waals surface area contributed by atoms with Gasteiger partial charge in [-0.05, 0) is 28.7 Å². The Bertz CT molecular complexity index is 925. The molecule has 116 valence electrons. The Morgan fingerprint density at radius 3 is 2.52 bits per heavy atom. The van der Waals surface area contributed by atoms with Gasteiger partial charge in [-0.15, -0.1) is 0 Å². The minimum atomic E-state index is -0.972. The predicted molar refractivity (Wildman–Crippen MR) is 94.5 cm³/mol. The second-order valence-electron chi connectivity index (χ2n) is 5.85. The summed E-state index contributed by atoms with van der Waals surface area (Å²) in [5.74, 6) is -0.0733. The predicted octanol–water partition coefficient (Wildman–Crippen LogP) is 4.99. The van der Waals surface area contributed by atoms with Gasteiger partial charge in [0, 0.05) is 30.9 Å². The summed E-state index contributed by atoms with van der Waals surface area (Å²) in [7, 11) is 0. The fraction of sp³-hybridized carbons (Fsp3) is 0.167. The van der Waals surface area contributed by atoms with Gasteiger partial charge in [0.15, 0.2) is 0 Å². The molecule has 3 aromatic rings. The van der Waals surface area contributed by atoms with Gasteiger partial charge in [-0.1, -0.05) is 30.3 Å². The van der Waals surface area contributed by atoms with E-state index in [1.807, 2.05) is 30.3 Å². The Kier molecular flexibility index (Phi) is 3.16. The molecule has 5 heteroatoms. The third-order valence-electron chi connectivity index (χ3n) is 3.68. The van der Waals surface area contributed by atoms with Crippen LogP contribution in [0.4, 0.5) is 0 Å². The Balaban J connectivity index is 1.93. The normalized spacial score (nSPS) is 15.9. The van der Waals surface area contributed by atoms with Crippen LogP contribution in [0.2, 0.25) is 0 Å². The van der Waals surface area contributed by atoms with Gasteiger partial charge >= 0.3 is 5.97 Å². The summed E-state index contributed by atoms with van der Waals surface area (Å²) in [5, 5.41) is 0.878. The minimum Gasteiger partial charge on any atom is -0.455 e. The molecule has 0 fully saturated rings. The van der Waals surface area contributed by atoms with E-state index in [0.29, 0.717) is 16.9 Å². The van der Waals surface area contributed by atoms with Gasteiger partial charge in [-0.2, -0.15) is 0 Å². The molecule has 0 N–H and O–H groups in total. The van der Waals surface area contributed by atoms with Gasteiger partial charge in [0.25, 0.3) is 0 Å². The smallest absolute Gasteiger partial charge is 0.345 e. The first-order chi connectivity index (χ1) is 10.9. The molecule has 1 aliphatic rings. The van der Waals surface area contributed by atoms with E-state index in [9.17, 15) is 4.79 Å². The van der Waals surface area contributed by atoms with Crippen LogP contribution < -0.4 is 4.74 Å². The molecule has 0 spiro atoms. The molecule has 2 aromatic carbocycles. The van der Waals surface area contributed by atoms with Crippen molar-refractivity contribution >= 4 is 39.5 Å². The molecule has 0 amide bonds. The van der Waals surface area contributed by atoms with Crippen molar-refractivity contribution < 1.29 is 18.7 Å². The highest BCUT2D eigenvalue weighted by Gasteiger charge is 2.35. The number of cyclic esters (lactones) is 1. The van der Waals surface area contributed by atoms with Crippen molar-refractivity contribution in [1.29, 1.82) is 0 Å². The monoisotopic (exact) mass is 420 g/mol. The van der Waals surface area contributed by atoms with Crippen LogP contribution in [0.25, 0.3) is 22.3 Å². The Labute approximate surface area is 146 Å². The van der Waals surface area contributed by atoms with E-state index in [1.165, 1.54) is 0 Å². The highest BCUT2D eigenvalue weighted by Crippen LogP contribution is 2.40. The van der Waals surface area contributed by atoms with Crippen molar-refractivity contribution in [2.45, 2.75) is 19.6 Å². The number of benzene rings is 2. The average Bonchev–Trinajstić information content (AvgIpc) is 2.82. The fourth-order valence-electron chi connectivity index (χ4n) is 2.68. The fourth-order valence-corrected chi connectivity index (χ4v) is 3.52. The van der Waals surface area contributed by atoms with Crippen LogP contribution in [0.5, 0.6) is 5.75 Å². The molecular formula is C18H13IO4. The van der Waals surface area contributed by atoms with E-state index in [1.54, 1.807) is 26.0 Å². The molecule has 4 nitrogen and oxygen atoms in total. The van der Waals surface area contributed by atoms with Crippen molar-refractivity contribution in [2.24, 2.45) is 0 Å². The number of fused-ring (bicyclic) bond motifs is 2. The lowest BCUT2D eigenvalue weighted by Gasteiger charge is -2.31. The van der Waals surface area contributed by atoms with E-state index >= 15 is 0 Å². The molecule has 0 aliphatic carbocycles. The molecule has 1 aliphatic heterocycles. The number of ether oxygens (including phenoxy) is 2. The first kappa shape index (κ1) is 14.6. The first-order valence-electron chi connectivity index (χ1n) is 7.18. The number of furan rings is 1. The van der Waals surface area contributed by atoms with Gasteiger partial charge < -0.3 is 13.9 Å². The number of halogens is 1. The zero-order valence-electron chi connectivity index (χ0n) is 12.6. The second-order valence-corrected chi connectivity index (χ2v) is 6.93. The van der Waals surface area contributed by atoms with Crippen molar-refractivity contribution in [3.8, 4) is 17.1 Å². The third kappa shape index (κ3) is 2.39. The van der Waals surface area contributed by atoms with E-state index < -0.39 is 5.79 Å². The largest absolute Gasteiger partial charge is 0.455 e. The topological polar surface area (TPSA) is 48.7 Å². The summed E-state index contributed by atoms with van der Waals surface area (Å²) >= 11 is 2.24. The Morgan fingerprint density at radius 2 is 1.78 bits per heavy atom. The number of esters is 1. The minimum absolute atomic E-state index is 0.378. The third-order valence-corrected chi connectivity index (χ3v) is 4.75. The lowest BCUT2D eigenvalue weighted by Crippen LogP contribution is -2.38. The Hall–Kier alpha value is -2.02. The molecule has 0 unspecified atom stereocenters. The van der Waals surface area contributed by atoms with Crippen LogP contribution in [0.3, 0.4) is 0 Å². The molecule has 0 radical (unpaired) electrons. The summed E-state index contributed by atoms with van der Waals surface area (Å²) in [4.78, 5) is 12.2. The maximum absolute atomic E-state index is 12.2. The van der Waals surface area contributed by atoms with Crippen LogP contribution in [0.1, 0.15) is 24.2 Å². The highest BCUT2D eigenvalue weighted by molar-refractivity contribution is 14.1. The van der Waals surface area contributed by atoms with Crippen LogP contribution in [-0.2, 0) is 4.74 Å². The van der Waals surface area contributed by atoms with Gasteiger partial charge in [0.1, 0.15) is 22.7 Å². The summed E-state index contributed by atoms with van der Waals surface area (Å²) in [6, 6.07) is 13.4. The van der Waals surface area contributed by atoms with Gasteiger partial charge in [-0.25, -0.2) is 4.79 Å². The number of carbonyl (C=O) groups is 1. The van der Waals surface area contributed by atoms with Crippen molar-refractivity contribution in [2.75, 3.05) is 0 Å². The number of hydrogen-bond acceptors (Lipinski definition) is 4. The molecule has 0 bridgehead atoms. The number of rotatable bonds is 1. The van der Waals surface area contributed by atoms with E-state index in [-0.39, 0.29) is 5.97 Å². The zero-order chi connectivity index (χ0) is 16.2. The van der Waals surface area contributed by atoms with E-state index in [2.05, 4.69) is 22.6 Å². The first-order valence-corrected chi connectivity index (χ1v) is 8.26. The molecule has 0 atom stereocenters. The van der Waals surface area contributed by atoms with Crippen LogP contribution in [0, 0.1) is 3.57 Å². The molecule has 0 saturated heterocycles. The molecule has 23 heavy (non-hydrogen) atoms. The highest BCUT2D eigenvalue weighted by atomic mass is 127. The van der Waals surface area contributed by atoms with E-state index in [4.69, 9.17) is 13.9 Å². The summed E-state index contributed by atoms with van der Waals surface area (Å²) in [5.41, 5.74) is 2.11. The van der Waals surface area contributed by atoms with Gasteiger partial charge in [0.2, 0.25) is 5.79 Å². The maximum Gasteiger partial charge on any atom is 0.345 e. The SMILES string of the molecule is CC1(C)OC(=O)c2cc3c(I)c(-c4ccccc4)oc3cc2O1. The molecule has 1 aromatic heterocycles. The number of carbonyl (C=O) groups excluding carboxylic acids is 1. The molecule has 0 saturated carbocycles. The molecule has 2 heterocycles. The summed E-state index contributed by atoms with van der Waals surface area (Å²) in [6.45, 7) is 3.42. The lowest BCUT2D eigenvalue weighted by molar-refractivity contribution is -0.127. The number of hydrogen-bond donors (Lipinski definition) is 0. The van der Waals surface area contributed by atoms with Gasteiger partial charge in [0.05, 0.1) is 3.57 Å². The van der Waals surface area contributed by atoms with E-state index in [0.717, 1.165) is 20.3 Å². The Morgan fingerprint density at radius 1 is 1.04 bits per heavy atom. The lowest BCUT2D eigenvalue weighted by atomic mass is 10.1. The van der Waals surface area contributed by atoms with Crippen LogP contribution in [0.15, 0.2) is 46.9 Å². The van der Waals surface area contributed by atoms with Gasteiger partial charge in [-0.3, -0.25) is 0 Å². The zero-order valence-corrected chi connectivity index (χ0v) is 14.7. The van der Waals surface area contributed by atoms with Crippen LogP contribution in [-0.4, -0.2) is 11.8 Å². The standard InChI is InChI=1S/C18H13IO4/c1-18(2)22-14-9-13-11(8-12(14)17(20)23-18)15(19)16(21-13)10-6-4-3-5-7-10/h3-9H,1-2H3.